The highest BCUT2D eigenvalue weighted by Gasteiger charge is 2.33. The summed E-state index contributed by atoms with van der Waals surface area (Å²) in [5.74, 6) is -0.0745. The Morgan fingerprint density at radius 2 is 1.97 bits per heavy atom. The maximum atomic E-state index is 13.3. The van der Waals surface area contributed by atoms with Gasteiger partial charge in [0.25, 0.3) is 5.91 Å². The number of rotatable bonds is 6. The lowest BCUT2D eigenvalue weighted by molar-refractivity contribution is -0.140. The highest BCUT2D eigenvalue weighted by atomic mass is 79.9. The van der Waals surface area contributed by atoms with Crippen LogP contribution < -0.4 is 20.7 Å². The number of oxazole rings is 1. The highest BCUT2D eigenvalue weighted by molar-refractivity contribution is 9.10. The van der Waals surface area contributed by atoms with Crippen LogP contribution in [0, 0.1) is 0 Å². The molecule has 0 radical (unpaired) electrons. The molecule has 1 saturated heterocycles. The first-order valence-corrected chi connectivity index (χ1v) is 13.5. The summed E-state index contributed by atoms with van der Waals surface area (Å²) >= 11 is 4.57. The zero-order valence-corrected chi connectivity index (χ0v) is 23.2. The third-order valence-corrected chi connectivity index (χ3v) is 7.70. The Labute approximate surface area is 233 Å². The number of fused-ring (bicyclic) bond motifs is 1. The molecule has 1 atom stereocenters. The van der Waals surface area contributed by atoms with Crippen molar-refractivity contribution < 1.29 is 27.1 Å². The molecule has 1 aliphatic rings. The van der Waals surface area contributed by atoms with Crippen molar-refractivity contribution in [3.05, 3.63) is 46.1 Å². The maximum Gasteiger partial charge on any atom is 0.433 e. The molecule has 0 bridgehead atoms. The number of methoxy groups -OCH3 is 1. The van der Waals surface area contributed by atoms with Gasteiger partial charge in [0.1, 0.15) is 17.0 Å². The molecule has 206 valence electrons. The fraction of sp³-hybridized carbons (Fsp3) is 0.375. The Morgan fingerprint density at radius 3 is 2.59 bits per heavy atom. The van der Waals surface area contributed by atoms with Gasteiger partial charge < -0.3 is 25.1 Å². The number of nitrogens with zero attached hydrogens (tertiary/aromatic N) is 5. The maximum absolute atomic E-state index is 13.3. The van der Waals surface area contributed by atoms with Gasteiger partial charge in [0, 0.05) is 41.6 Å². The van der Waals surface area contributed by atoms with Crippen molar-refractivity contribution in [2.45, 2.75) is 38.0 Å². The average Bonchev–Trinajstić information content (AvgIpc) is 3.55. The van der Waals surface area contributed by atoms with Gasteiger partial charge in [-0.1, -0.05) is 0 Å². The predicted octanol–water partition coefficient (Wildman–Crippen LogP) is 4.95. The molecule has 1 aromatic carbocycles. The van der Waals surface area contributed by atoms with Gasteiger partial charge >= 0.3 is 6.18 Å². The Morgan fingerprint density at radius 1 is 1.23 bits per heavy atom. The molecule has 4 aromatic rings. The van der Waals surface area contributed by atoms with Gasteiger partial charge in [-0.15, -0.1) is 0 Å². The molecule has 1 fully saturated rings. The molecule has 1 amide bonds. The molecule has 5 rings (SSSR count). The summed E-state index contributed by atoms with van der Waals surface area (Å²) in [4.78, 5) is 27.9. The number of alkyl halides is 3. The second kappa shape index (κ2) is 10.7. The number of aromatic nitrogens is 4. The van der Waals surface area contributed by atoms with E-state index in [1.807, 2.05) is 0 Å². The number of pyridine rings is 1. The van der Waals surface area contributed by atoms with Crippen LogP contribution in [-0.4, -0.2) is 51.5 Å². The fourth-order valence-corrected chi connectivity index (χ4v) is 5.54. The minimum absolute atomic E-state index is 0.00871. The quantitative estimate of drug-likeness (QED) is 0.305. The number of nitrogens with one attached hydrogen (secondary N) is 1. The number of hydrogen-bond acceptors (Lipinski definition) is 10. The average molecular weight is 626 g/mol. The Kier molecular flexibility index (Phi) is 7.48. The first-order valence-electron chi connectivity index (χ1n) is 11.9. The number of carbonyl (C=O) groups is 1. The van der Waals surface area contributed by atoms with Gasteiger partial charge in [-0.05, 0) is 60.0 Å². The summed E-state index contributed by atoms with van der Waals surface area (Å²) in [5.41, 5.74) is 5.41. The van der Waals surface area contributed by atoms with E-state index in [-0.39, 0.29) is 34.7 Å². The van der Waals surface area contributed by atoms with E-state index in [1.54, 1.807) is 13.0 Å². The largest absolute Gasteiger partial charge is 0.494 e. The second-order valence-electron chi connectivity index (χ2n) is 9.01. The number of nitrogens with two attached hydrogens (primary N) is 1. The van der Waals surface area contributed by atoms with E-state index in [1.165, 1.54) is 30.8 Å². The number of ether oxygens (including phenoxy) is 1. The number of anilines is 1. The Bertz CT molecular complexity index is 1520. The minimum atomic E-state index is -4.63. The van der Waals surface area contributed by atoms with E-state index in [0.29, 0.717) is 41.6 Å². The third kappa shape index (κ3) is 5.56. The van der Waals surface area contributed by atoms with Crippen molar-refractivity contribution >= 4 is 49.4 Å². The summed E-state index contributed by atoms with van der Waals surface area (Å²) in [5, 5.41) is 4.15. The van der Waals surface area contributed by atoms with Crippen molar-refractivity contribution in [3.8, 4) is 17.2 Å². The molecule has 1 aliphatic heterocycles. The van der Waals surface area contributed by atoms with E-state index in [0.717, 1.165) is 11.2 Å². The van der Waals surface area contributed by atoms with E-state index in [4.69, 9.17) is 14.9 Å². The Balaban J connectivity index is 1.41. The van der Waals surface area contributed by atoms with Gasteiger partial charge in [-0.25, -0.2) is 9.97 Å². The van der Waals surface area contributed by atoms with E-state index in [2.05, 4.69) is 45.5 Å². The topological polar surface area (TPSA) is 132 Å². The van der Waals surface area contributed by atoms with E-state index in [9.17, 15) is 18.0 Å². The summed E-state index contributed by atoms with van der Waals surface area (Å²) in [6.07, 6.45) is -3.25. The molecule has 3 aromatic heterocycles. The van der Waals surface area contributed by atoms with Gasteiger partial charge in [-0.2, -0.15) is 22.5 Å². The Hall–Kier alpha value is -3.30. The summed E-state index contributed by atoms with van der Waals surface area (Å²) in [7, 11) is 1.34. The smallest absolute Gasteiger partial charge is 0.433 e. The molecule has 15 heteroatoms. The number of carbonyl (C=O) groups excluding carboxylic acids is 1. The second-order valence-corrected chi connectivity index (χ2v) is 10.4. The molecular formula is C24H23BrF3N7O3S. The molecule has 0 spiro atoms. The number of halogens is 4. The molecule has 0 saturated carbocycles. The summed E-state index contributed by atoms with van der Waals surface area (Å²) in [6, 6.07) is 4.46. The van der Waals surface area contributed by atoms with Gasteiger partial charge in [0.05, 0.1) is 13.2 Å². The molecule has 3 N–H and O–H groups in total. The SMILES string of the molecule is COc1ccc(-c2nc(C(=O)NC3CCN(c4nc(Br)ns4)CC3)c([C@H](C)N)o2)c2ccc(C(F)(F)F)nc12. The first-order chi connectivity index (χ1) is 18.5. The van der Waals surface area contributed by atoms with Crippen LogP contribution in [0.5, 0.6) is 5.75 Å². The molecule has 39 heavy (non-hydrogen) atoms. The van der Waals surface area contributed by atoms with Crippen molar-refractivity contribution in [3.63, 3.8) is 0 Å². The zero-order chi connectivity index (χ0) is 27.9. The highest BCUT2D eigenvalue weighted by Crippen LogP contribution is 2.37. The lowest BCUT2D eigenvalue weighted by atomic mass is 10.0. The fourth-order valence-electron chi connectivity index (χ4n) is 4.42. The van der Waals surface area contributed by atoms with E-state index < -0.39 is 23.8 Å². The van der Waals surface area contributed by atoms with Crippen molar-refractivity contribution in [1.82, 2.24) is 24.6 Å². The summed E-state index contributed by atoms with van der Waals surface area (Å²) in [6.45, 7) is 3.05. The molecular weight excluding hydrogens is 603 g/mol. The van der Waals surface area contributed by atoms with Crippen LogP contribution in [-0.2, 0) is 6.18 Å². The molecule has 4 heterocycles. The van der Waals surface area contributed by atoms with Gasteiger partial charge in [0.15, 0.2) is 11.5 Å². The van der Waals surface area contributed by atoms with Crippen LogP contribution in [0.4, 0.5) is 18.3 Å². The van der Waals surface area contributed by atoms with Crippen molar-refractivity contribution in [2.24, 2.45) is 5.73 Å². The van der Waals surface area contributed by atoms with E-state index >= 15 is 0 Å². The predicted molar refractivity (Wildman–Crippen MR) is 142 cm³/mol. The van der Waals surface area contributed by atoms with Crippen LogP contribution in [0.3, 0.4) is 0 Å². The minimum Gasteiger partial charge on any atom is -0.494 e. The van der Waals surface area contributed by atoms with Crippen LogP contribution in [0.2, 0.25) is 0 Å². The number of piperidine rings is 1. The van der Waals surface area contributed by atoms with Gasteiger partial charge in [-0.3, -0.25) is 4.79 Å². The van der Waals surface area contributed by atoms with Crippen LogP contribution in [0.15, 0.2) is 33.4 Å². The number of amides is 1. The third-order valence-electron chi connectivity index (χ3n) is 6.33. The standard InChI is InChI=1S/C24H23BrF3N7O3S/c1-11(29)19-18(20(36)30-12-7-9-35(10-8-12)23-33-22(25)34-39-23)32-21(38-19)14-3-5-15(37-2)17-13(14)4-6-16(31-17)24(26,27)28/h3-6,11-12H,7-10,29H2,1-2H3,(H,30,36)/t11-/m0/s1. The number of hydrogen-bond donors (Lipinski definition) is 2. The molecule has 0 aliphatic carbocycles. The zero-order valence-electron chi connectivity index (χ0n) is 20.8. The van der Waals surface area contributed by atoms with Crippen LogP contribution in [0.25, 0.3) is 22.4 Å². The van der Waals surface area contributed by atoms with Crippen molar-refractivity contribution in [1.29, 1.82) is 0 Å². The first kappa shape index (κ1) is 27.3. The van der Waals surface area contributed by atoms with Crippen molar-refractivity contribution in [2.75, 3.05) is 25.1 Å². The normalized spacial score (nSPS) is 15.5. The molecule has 10 nitrogen and oxygen atoms in total. The van der Waals surface area contributed by atoms with Gasteiger partial charge in [0.2, 0.25) is 15.8 Å². The van der Waals surface area contributed by atoms with Crippen LogP contribution >= 0.6 is 27.5 Å². The van der Waals surface area contributed by atoms with Crippen LogP contribution in [0.1, 0.15) is 47.7 Å². The molecule has 0 unspecified atom stereocenters. The lowest BCUT2D eigenvalue weighted by Gasteiger charge is -2.31. The summed E-state index contributed by atoms with van der Waals surface area (Å²) < 4.78 is 55.8. The lowest BCUT2D eigenvalue weighted by Crippen LogP contribution is -2.45. The number of benzene rings is 1. The monoisotopic (exact) mass is 625 g/mol.